The summed E-state index contributed by atoms with van der Waals surface area (Å²) in [5, 5.41) is 1.35. The molecule has 1 amide bonds. The number of halogens is 1. The summed E-state index contributed by atoms with van der Waals surface area (Å²) in [5.74, 6) is 0.986. The van der Waals surface area contributed by atoms with Gasteiger partial charge in [-0.15, -0.1) is 0 Å². The van der Waals surface area contributed by atoms with Crippen molar-refractivity contribution in [3.63, 3.8) is 0 Å². The second-order valence-corrected chi connectivity index (χ2v) is 10.7. The maximum absolute atomic E-state index is 12.7. The predicted octanol–water partition coefficient (Wildman–Crippen LogP) is 6.02. The first kappa shape index (κ1) is 24.7. The van der Waals surface area contributed by atoms with Crippen LogP contribution in [0.5, 0.6) is 5.19 Å². The van der Waals surface area contributed by atoms with Crippen LogP contribution in [0.15, 0.2) is 53.9 Å². The molecule has 0 radical (unpaired) electrons. The Kier molecular flexibility index (Phi) is 7.82. The lowest BCUT2D eigenvalue weighted by Gasteiger charge is -2.30. The number of rotatable bonds is 8. The van der Waals surface area contributed by atoms with E-state index in [4.69, 9.17) is 4.74 Å². The molecule has 0 saturated heterocycles. The van der Waals surface area contributed by atoms with Gasteiger partial charge in [0.05, 0.1) is 16.8 Å². The highest BCUT2D eigenvalue weighted by atomic mass is 32.1. The third-order valence-electron chi connectivity index (χ3n) is 7.19. The Hall–Kier alpha value is -2.97. The number of benzene rings is 1. The van der Waals surface area contributed by atoms with E-state index in [0.29, 0.717) is 22.6 Å². The highest BCUT2D eigenvalue weighted by Crippen LogP contribution is 2.33. The molecular weight excluding hydrogens is 475 g/mol. The SMILES string of the molecule is C=C(CF)Oc1nc2c(s1)CCN(CCC1CCC(C=NC(=O)c3cccc4ncccc34)CC1)C2. The lowest BCUT2D eigenvalue weighted by atomic mass is 9.81. The molecule has 0 bridgehead atoms. The predicted molar refractivity (Wildman–Crippen MR) is 141 cm³/mol. The Morgan fingerprint density at radius 2 is 2.11 bits per heavy atom. The van der Waals surface area contributed by atoms with Gasteiger partial charge in [-0.3, -0.25) is 14.7 Å². The highest BCUT2D eigenvalue weighted by molar-refractivity contribution is 7.13. The van der Waals surface area contributed by atoms with E-state index in [0.717, 1.165) is 55.5 Å². The third-order valence-corrected chi connectivity index (χ3v) is 8.23. The molecule has 2 aliphatic rings. The molecule has 6 nitrogen and oxygen atoms in total. The van der Waals surface area contributed by atoms with Gasteiger partial charge in [-0.25, -0.2) is 14.4 Å². The summed E-state index contributed by atoms with van der Waals surface area (Å²) in [7, 11) is 0. The lowest BCUT2D eigenvalue weighted by Crippen LogP contribution is -2.32. The van der Waals surface area contributed by atoms with Crippen molar-refractivity contribution in [2.45, 2.75) is 45.1 Å². The Bertz CT molecular complexity index is 1260. The Labute approximate surface area is 214 Å². The van der Waals surface area contributed by atoms with Crippen LogP contribution in [0.1, 0.15) is 53.0 Å². The third kappa shape index (κ3) is 5.87. The number of aliphatic imine (C=N–C) groups is 1. The molecule has 0 N–H and O–H groups in total. The van der Waals surface area contributed by atoms with Crippen molar-refractivity contribution in [2.75, 3.05) is 19.8 Å². The second-order valence-electron chi connectivity index (χ2n) is 9.68. The van der Waals surface area contributed by atoms with Crippen LogP contribution in [-0.2, 0) is 13.0 Å². The molecule has 2 aromatic heterocycles. The molecular formula is C28H31FN4O2S. The zero-order chi connectivity index (χ0) is 24.9. The molecule has 36 heavy (non-hydrogen) atoms. The van der Waals surface area contributed by atoms with Crippen molar-refractivity contribution < 1.29 is 13.9 Å². The largest absolute Gasteiger partial charge is 0.433 e. The van der Waals surface area contributed by atoms with Crippen LogP contribution in [-0.4, -0.2) is 46.8 Å². The normalized spacial score (nSPS) is 20.5. The number of ether oxygens (including phenoxy) is 1. The number of nitrogens with zero attached hydrogens (tertiary/aromatic N) is 4. The molecule has 188 valence electrons. The molecule has 1 saturated carbocycles. The Morgan fingerprint density at radius 1 is 1.25 bits per heavy atom. The van der Waals surface area contributed by atoms with Crippen LogP contribution >= 0.6 is 11.3 Å². The van der Waals surface area contributed by atoms with Crippen molar-refractivity contribution in [2.24, 2.45) is 16.8 Å². The maximum atomic E-state index is 12.7. The Balaban J connectivity index is 1.07. The highest BCUT2D eigenvalue weighted by Gasteiger charge is 2.24. The maximum Gasteiger partial charge on any atom is 0.278 e. The van der Waals surface area contributed by atoms with E-state index in [1.165, 1.54) is 35.5 Å². The van der Waals surface area contributed by atoms with Gasteiger partial charge in [0.15, 0.2) is 0 Å². The van der Waals surface area contributed by atoms with Gasteiger partial charge in [0, 0.05) is 35.8 Å². The standard InChI is InChI=1S/C28H31FN4O2S/c1-19(16-29)35-28-32-25-18-33(15-12-26(25)36-28)14-11-20-7-9-21(10-8-20)17-31-27(34)23-4-2-6-24-22(23)5-3-13-30-24/h2-6,13,17,20-21H,1,7-12,14-16,18H2. The summed E-state index contributed by atoms with van der Waals surface area (Å²) < 4.78 is 18.0. The van der Waals surface area contributed by atoms with E-state index in [2.05, 4.69) is 26.4 Å². The van der Waals surface area contributed by atoms with Gasteiger partial charge < -0.3 is 4.74 Å². The fourth-order valence-corrected chi connectivity index (χ4v) is 6.09. The number of hydrogen-bond donors (Lipinski definition) is 0. The quantitative estimate of drug-likeness (QED) is 0.276. The van der Waals surface area contributed by atoms with Gasteiger partial charge in [0.2, 0.25) is 0 Å². The summed E-state index contributed by atoms with van der Waals surface area (Å²) in [6, 6.07) is 9.36. The fourth-order valence-electron chi connectivity index (χ4n) is 5.14. The zero-order valence-electron chi connectivity index (χ0n) is 20.4. The van der Waals surface area contributed by atoms with Gasteiger partial charge in [-0.2, -0.15) is 0 Å². The summed E-state index contributed by atoms with van der Waals surface area (Å²) in [6.45, 7) is 5.76. The topological polar surface area (TPSA) is 67.7 Å². The molecule has 8 heteroatoms. The average Bonchev–Trinajstić information content (AvgIpc) is 3.32. The summed E-state index contributed by atoms with van der Waals surface area (Å²) in [5.41, 5.74) is 2.48. The molecule has 0 spiro atoms. The van der Waals surface area contributed by atoms with Crippen LogP contribution < -0.4 is 4.74 Å². The molecule has 3 heterocycles. The van der Waals surface area contributed by atoms with Crippen molar-refractivity contribution in [3.8, 4) is 5.19 Å². The van der Waals surface area contributed by atoms with Gasteiger partial charge >= 0.3 is 0 Å². The van der Waals surface area contributed by atoms with E-state index >= 15 is 0 Å². The fraction of sp³-hybridized carbons (Fsp3) is 0.429. The summed E-state index contributed by atoms with van der Waals surface area (Å²) in [4.78, 5) is 29.6. The number of carbonyl (C=O) groups excluding carboxylic acids is 1. The minimum Gasteiger partial charge on any atom is -0.433 e. The molecule has 1 aliphatic carbocycles. The molecule has 1 aliphatic heterocycles. The number of carbonyl (C=O) groups is 1. The second kappa shape index (κ2) is 11.4. The van der Waals surface area contributed by atoms with Crippen molar-refractivity contribution >= 4 is 34.4 Å². The van der Waals surface area contributed by atoms with Gasteiger partial charge in [0.1, 0.15) is 12.4 Å². The Morgan fingerprint density at radius 3 is 2.94 bits per heavy atom. The van der Waals surface area contributed by atoms with Crippen LogP contribution in [0.3, 0.4) is 0 Å². The van der Waals surface area contributed by atoms with Crippen molar-refractivity contribution in [1.82, 2.24) is 14.9 Å². The van der Waals surface area contributed by atoms with Crippen molar-refractivity contribution in [3.05, 3.63) is 65.0 Å². The average molecular weight is 507 g/mol. The van der Waals surface area contributed by atoms with E-state index < -0.39 is 6.67 Å². The monoisotopic (exact) mass is 506 g/mol. The number of thiazole rings is 1. The minimum absolute atomic E-state index is 0.105. The molecule has 0 atom stereocenters. The summed E-state index contributed by atoms with van der Waals surface area (Å²) in [6.07, 6.45) is 10.2. The number of hydrogen-bond acceptors (Lipinski definition) is 6. The van der Waals surface area contributed by atoms with Gasteiger partial charge in [-0.1, -0.05) is 30.0 Å². The van der Waals surface area contributed by atoms with E-state index in [9.17, 15) is 9.18 Å². The number of fused-ring (bicyclic) bond motifs is 2. The van der Waals surface area contributed by atoms with Crippen LogP contribution in [0.2, 0.25) is 0 Å². The van der Waals surface area contributed by atoms with E-state index in [-0.39, 0.29) is 11.7 Å². The molecule has 3 aromatic rings. The number of amides is 1. The lowest BCUT2D eigenvalue weighted by molar-refractivity contribution is 0.100. The van der Waals surface area contributed by atoms with Crippen LogP contribution in [0, 0.1) is 11.8 Å². The number of alkyl halides is 1. The van der Waals surface area contributed by atoms with Gasteiger partial charge in [0.25, 0.3) is 11.1 Å². The number of pyridine rings is 1. The summed E-state index contributed by atoms with van der Waals surface area (Å²) >= 11 is 1.51. The van der Waals surface area contributed by atoms with Crippen LogP contribution in [0.4, 0.5) is 4.39 Å². The minimum atomic E-state index is -0.692. The first-order valence-electron chi connectivity index (χ1n) is 12.6. The molecule has 5 rings (SSSR count). The van der Waals surface area contributed by atoms with Crippen LogP contribution in [0.25, 0.3) is 10.9 Å². The van der Waals surface area contributed by atoms with E-state index in [1.54, 1.807) is 6.20 Å². The molecule has 1 fully saturated rings. The molecule has 0 unspecified atom stereocenters. The zero-order valence-corrected chi connectivity index (χ0v) is 21.2. The smallest absolute Gasteiger partial charge is 0.278 e. The van der Waals surface area contributed by atoms with Gasteiger partial charge in [-0.05, 0) is 75.1 Å². The first-order valence-corrected chi connectivity index (χ1v) is 13.5. The number of allylic oxidation sites excluding steroid dienone is 1. The molecule has 1 aromatic carbocycles. The first-order chi connectivity index (χ1) is 17.6. The van der Waals surface area contributed by atoms with E-state index in [1.807, 2.05) is 36.5 Å². The van der Waals surface area contributed by atoms with Crippen molar-refractivity contribution in [1.29, 1.82) is 0 Å². The number of aromatic nitrogens is 2.